The molecule has 0 spiro atoms. The van der Waals surface area contributed by atoms with E-state index in [-0.39, 0.29) is 18.4 Å². The highest BCUT2D eigenvalue weighted by Gasteiger charge is 2.27. The number of benzene rings is 1. The molecule has 0 unspecified atom stereocenters. The Morgan fingerprint density at radius 1 is 1.12 bits per heavy atom. The van der Waals surface area contributed by atoms with Crippen LogP contribution in [0.2, 0.25) is 0 Å². The van der Waals surface area contributed by atoms with Gasteiger partial charge in [0.2, 0.25) is 0 Å². The van der Waals surface area contributed by atoms with Gasteiger partial charge in [0.25, 0.3) is 0 Å². The summed E-state index contributed by atoms with van der Waals surface area (Å²) < 4.78 is 0. The highest BCUT2D eigenvalue weighted by Crippen LogP contribution is 2.16. The number of nitrogens with two attached hydrogens (primary N) is 2. The molecule has 3 rings (SSSR count). The zero-order valence-electron chi connectivity index (χ0n) is 14.4. The first kappa shape index (κ1) is 19.7. The van der Waals surface area contributed by atoms with Gasteiger partial charge in [-0.1, -0.05) is 36.4 Å². The highest BCUT2D eigenvalue weighted by atomic mass is 35.5. The lowest BCUT2D eigenvalue weighted by molar-refractivity contribution is 0.406. The molecule has 3 atom stereocenters. The van der Waals surface area contributed by atoms with Crippen molar-refractivity contribution in [1.82, 2.24) is 15.6 Å². The summed E-state index contributed by atoms with van der Waals surface area (Å²) in [6.07, 6.45) is 1.83. The Kier molecular flexibility index (Phi) is 7.65. The zero-order valence-corrected chi connectivity index (χ0v) is 15.2. The lowest BCUT2D eigenvalue weighted by Crippen LogP contribution is -2.44. The molecule has 5 nitrogen and oxygen atoms in total. The van der Waals surface area contributed by atoms with Gasteiger partial charge in [-0.05, 0) is 43.0 Å². The molecule has 6 heteroatoms. The molecule has 136 valence electrons. The first-order valence-corrected chi connectivity index (χ1v) is 8.65. The van der Waals surface area contributed by atoms with Crippen LogP contribution in [-0.4, -0.2) is 36.7 Å². The summed E-state index contributed by atoms with van der Waals surface area (Å²) in [5, 5.41) is 7.11. The van der Waals surface area contributed by atoms with Gasteiger partial charge in [0, 0.05) is 30.9 Å². The topological polar surface area (TPSA) is 89.0 Å². The average molecular weight is 362 g/mol. The van der Waals surface area contributed by atoms with Crippen LogP contribution in [0.1, 0.15) is 11.3 Å². The zero-order chi connectivity index (χ0) is 16.8. The fraction of sp³-hybridized carbons (Fsp3) is 0.421. The maximum absolute atomic E-state index is 6.29. The molecule has 2 aromatic rings. The number of pyridine rings is 1. The lowest BCUT2D eigenvalue weighted by Gasteiger charge is -2.22. The Hall–Kier alpha value is -1.66. The predicted molar refractivity (Wildman–Crippen MR) is 106 cm³/mol. The minimum absolute atomic E-state index is 0. The lowest BCUT2D eigenvalue weighted by atomic mass is 9.97. The van der Waals surface area contributed by atoms with Crippen molar-refractivity contribution >= 4 is 18.2 Å². The number of hydrogen-bond donors (Lipinski definition) is 4. The van der Waals surface area contributed by atoms with E-state index >= 15 is 0 Å². The summed E-state index contributed by atoms with van der Waals surface area (Å²) in [7, 11) is 0. The molecular weight excluding hydrogens is 334 g/mol. The minimum atomic E-state index is 0. The van der Waals surface area contributed by atoms with Crippen molar-refractivity contribution in [2.75, 3.05) is 25.4 Å². The number of aromatic nitrogens is 1. The van der Waals surface area contributed by atoms with Crippen LogP contribution in [-0.2, 0) is 12.8 Å². The van der Waals surface area contributed by atoms with E-state index in [1.807, 2.05) is 24.3 Å². The third kappa shape index (κ3) is 5.97. The van der Waals surface area contributed by atoms with Crippen LogP contribution in [0, 0.1) is 5.92 Å². The Bertz CT molecular complexity index is 637. The van der Waals surface area contributed by atoms with Crippen LogP contribution in [0.5, 0.6) is 0 Å². The van der Waals surface area contributed by atoms with Crippen molar-refractivity contribution < 1.29 is 0 Å². The van der Waals surface area contributed by atoms with Gasteiger partial charge in [0.05, 0.1) is 0 Å². The molecule has 1 fully saturated rings. The number of rotatable bonds is 7. The first-order chi connectivity index (χ1) is 11.7. The summed E-state index contributed by atoms with van der Waals surface area (Å²) in [5.74, 6) is 1.11. The van der Waals surface area contributed by atoms with E-state index in [2.05, 4.69) is 39.9 Å². The molecule has 1 saturated heterocycles. The monoisotopic (exact) mass is 361 g/mol. The van der Waals surface area contributed by atoms with Gasteiger partial charge in [-0.15, -0.1) is 12.4 Å². The summed E-state index contributed by atoms with van der Waals surface area (Å²) in [6.45, 7) is 2.80. The number of hydrogen-bond acceptors (Lipinski definition) is 5. The number of nitrogens with one attached hydrogen (secondary N) is 2. The maximum atomic E-state index is 6.29. The normalized spacial score (nSPS) is 20.8. The summed E-state index contributed by atoms with van der Waals surface area (Å²) in [4.78, 5) is 4.42. The summed E-state index contributed by atoms with van der Waals surface area (Å²) in [5.41, 5.74) is 14.4. The fourth-order valence-electron chi connectivity index (χ4n) is 3.36. The van der Waals surface area contributed by atoms with E-state index in [0.717, 1.165) is 38.2 Å². The van der Waals surface area contributed by atoms with E-state index in [1.54, 1.807) is 0 Å². The van der Waals surface area contributed by atoms with Crippen molar-refractivity contribution in [2.24, 2.45) is 11.7 Å². The molecule has 0 radical (unpaired) electrons. The van der Waals surface area contributed by atoms with E-state index in [0.29, 0.717) is 17.8 Å². The highest BCUT2D eigenvalue weighted by molar-refractivity contribution is 5.85. The Morgan fingerprint density at radius 3 is 2.68 bits per heavy atom. The van der Waals surface area contributed by atoms with Crippen LogP contribution in [0.3, 0.4) is 0 Å². The maximum Gasteiger partial charge on any atom is 0.123 e. The second-order valence-corrected chi connectivity index (χ2v) is 6.64. The van der Waals surface area contributed by atoms with Crippen molar-refractivity contribution in [3.8, 4) is 0 Å². The van der Waals surface area contributed by atoms with Crippen molar-refractivity contribution in [1.29, 1.82) is 0 Å². The van der Waals surface area contributed by atoms with Gasteiger partial charge in [0.15, 0.2) is 0 Å². The molecule has 25 heavy (non-hydrogen) atoms. The number of nitrogen functional groups attached to an aromatic ring is 1. The second-order valence-electron chi connectivity index (χ2n) is 6.64. The predicted octanol–water partition coefficient (Wildman–Crippen LogP) is 1.38. The molecule has 0 saturated carbocycles. The summed E-state index contributed by atoms with van der Waals surface area (Å²) in [6, 6.07) is 16.8. The van der Waals surface area contributed by atoms with Crippen molar-refractivity contribution in [3.63, 3.8) is 0 Å². The fourth-order valence-corrected chi connectivity index (χ4v) is 3.36. The molecular formula is C19H28ClN5. The Morgan fingerprint density at radius 2 is 1.92 bits per heavy atom. The van der Waals surface area contributed by atoms with E-state index in [1.165, 1.54) is 5.56 Å². The third-order valence-electron chi connectivity index (χ3n) is 4.62. The molecule has 6 N–H and O–H groups in total. The first-order valence-electron chi connectivity index (χ1n) is 8.65. The Labute approximate surface area is 156 Å². The average Bonchev–Trinajstić information content (AvgIpc) is 3.01. The largest absolute Gasteiger partial charge is 0.384 e. The Balaban J connectivity index is 0.00000225. The standard InChI is InChI=1S/C19H27N5.ClH/c20-16(9-14-5-2-1-3-6-14)12-23-18-13-22-11-15(18)10-17-7-4-8-19(21)24-17;/h1-8,15-16,18,22-23H,9-13,20H2,(H2,21,24);1H/t15-,16-,18-;/m0./s1. The molecule has 2 heterocycles. The van der Waals surface area contributed by atoms with Gasteiger partial charge in [-0.25, -0.2) is 4.98 Å². The summed E-state index contributed by atoms with van der Waals surface area (Å²) >= 11 is 0. The van der Waals surface area contributed by atoms with Crippen LogP contribution in [0.25, 0.3) is 0 Å². The molecule has 1 aliphatic rings. The second kappa shape index (κ2) is 9.73. The minimum Gasteiger partial charge on any atom is -0.384 e. The van der Waals surface area contributed by atoms with Gasteiger partial charge < -0.3 is 22.1 Å². The molecule has 0 amide bonds. The van der Waals surface area contributed by atoms with Crippen LogP contribution >= 0.6 is 12.4 Å². The molecule has 1 aromatic heterocycles. The van der Waals surface area contributed by atoms with Crippen LogP contribution in [0.4, 0.5) is 5.82 Å². The van der Waals surface area contributed by atoms with E-state index in [4.69, 9.17) is 11.5 Å². The molecule has 1 aromatic carbocycles. The van der Waals surface area contributed by atoms with E-state index < -0.39 is 0 Å². The smallest absolute Gasteiger partial charge is 0.123 e. The quantitative estimate of drug-likeness (QED) is 0.598. The third-order valence-corrected chi connectivity index (χ3v) is 4.62. The SMILES string of the molecule is Cl.Nc1cccc(C[C@H]2CNC[C@@H]2NC[C@@H](N)Cc2ccccc2)n1. The van der Waals surface area contributed by atoms with Crippen molar-refractivity contribution in [2.45, 2.75) is 24.9 Å². The number of nitrogens with zero attached hydrogens (tertiary/aromatic N) is 1. The van der Waals surface area contributed by atoms with E-state index in [9.17, 15) is 0 Å². The van der Waals surface area contributed by atoms with Crippen molar-refractivity contribution in [3.05, 3.63) is 59.8 Å². The van der Waals surface area contributed by atoms with Gasteiger partial charge in [-0.2, -0.15) is 0 Å². The molecule has 0 bridgehead atoms. The van der Waals surface area contributed by atoms with Gasteiger partial charge in [-0.3, -0.25) is 0 Å². The number of anilines is 1. The van der Waals surface area contributed by atoms with Gasteiger partial charge in [0.1, 0.15) is 5.82 Å². The molecule has 0 aliphatic carbocycles. The molecule has 1 aliphatic heterocycles. The number of halogens is 1. The van der Waals surface area contributed by atoms with Crippen LogP contribution in [0.15, 0.2) is 48.5 Å². The van der Waals surface area contributed by atoms with Crippen LogP contribution < -0.4 is 22.1 Å². The van der Waals surface area contributed by atoms with Gasteiger partial charge >= 0.3 is 0 Å².